The van der Waals surface area contributed by atoms with Crippen LogP contribution in [0.4, 0.5) is 0 Å². The molecule has 3 heteroatoms. The molecule has 1 unspecified atom stereocenters. The molecule has 1 heterocycles. The van der Waals surface area contributed by atoms with Gasteiger partial charge < -0.3 is 5.73 Å². The lowest BCUT2D eigenvalue weighted by Gasteiger charge is -2.20. The molecule has 78 valence electrons. The van der Waals surface area contributed by atoms with E-state index in [1.54, 1.807) is 18.5 Å². The van der Waals surface area contributed by atoms with Gasteiger partial charge in [0, 0.05) is 12.4 Å². The molecule has 0 bridgehead atoms. The average molecular weight is 193 g/mol. The standard InChI is InChI=1S/C11H19N3/c1-11(2,3)6-5-9(12)10-13-7-4-8-14-10/h4,7-9H,5-6,12H2,1-3H3. The van der Waals surface area contributed by atoms with Gasteiger partial charge in [-0.25, -0.2) is 9.97 Å². The highest BCUT2D eigenvalue weighted by molar-refractivity contribution is 4.94. The minimum absolute atomic E-state index is 0.0320. The maximum atomic E-state index is 5.98. The lowest BCUT2D eigenvalue weighted by atomic mass is 9.89. The fraction of sp³-hybridized carbons (Fsp3) is 0.636. The smallest absolute Gasteiger partial charge is 0.144 e. The Bertz CT molecular complexity index is 264. The van der Waals surface area contributed by atoms with Gasteiger partial charge in [0.05, 0.1) is 6.04 Å². The Morgan fingerprint density at radius 1 is 1.29 bits per heavy atom. The third kappa shape index (κ3) is 3.83. The van der Waals surface area contributed by atoms with Gasteiger partial charge in [0.25, 0.3) is 0 Å². The van der Waals surface area contributed by atoms with Gasteiger partial charge in [0.1, 0.15) is 5.82 Å². The molecule has 0 aromatic carbocycles. The Hall–Kier alpha value is -0.960. The van der Waals surface area contributed by atoms with E-state index >= 15 is 0 Å². The van der Waals surface area contributed by atoms with Crippen LogP contribution in [-0.2, 0) is 0 Å². The first kappa shape index (κ1) is 11.1. The fourth-order valence-corrected chi connectivity index (χ4v) is 1.22. The quantitative estimate of drug-likeness (QED) is 0.801. The number of hydrogen-bond acceptors (Lipinski definition) is 3. The second-order valence-corrected chi connectivity index (χ2v) is 4.81. The molecule has 3 nitrogen and oxygen atoms in total. The van der Waals surface area contributed by atoms with Crippen molar-refractivity contribution >= 4 is 0 Å². The van der Waals surface area contributed by atoms with Gasteiger partial charge >= 0.3 is 0 Å². The first-order valence-corrected chi connectivity index (χ1v) is 5.01. The Morgan fingerprint density at radius 2 is 1.86 bits per heavy atom. The van der Waals surface area contributed by atoms with Crippen molar-refractivity contribution in [3.05, 3.63) is 24.3 Å². The molecule has 1 rings (SSSR count). The maximum absolute atomic E-state index is 5.98. The monoisotopic (exact) mass is 193 g/mol. The zero-order chi connectivity index (χ0) is 10.6. The molecule has 0 saturated carbocycles. The van der Waals surface area contributed by atoms with Crippen LogP contribution in [0.15, 0.2) is 18.5 Å². The van der Waals surface area contributed by atoms with Crippen molar-refractivity contribution in [1.29, 1.82) is 0 Å². The maximum Gasteiger partial charge on any atom is 0.144 e. The number of nitrogens with zero attached hydrogens (tertiary/aromatic N) is 2. The summed E-state index contributed by atoms with van der Waals surface area (Å²) in [7, 11) is 0. The summed E-state index contributed by atoms with van der Waals surface area (Å²) in [6.45, 7) is 6.64. The van der Waals surface area contributed by atoms with Gasteiger partial charge in [0.2, 0.25) is 0 Å². The van der Waals surface area contributed by atoms with Crippen LogP contribution in [0.1, 0.15) is 45.5 Å². The minimum Gasteiger partial charge on any atom is -0.321 e. The zero-order valence-electron chi connectivity index (χ0n) is 9.20. The highest BCUT2D eigenvalue weighted by atomic mass is 14.9. The molecule has 0 amide bonds. The predicted octanol–water partition coefficient (Wildman–Crippen LogP) is 2.30. The largest absolute Gasteiger partial charge is 0.321 e. The van der Waals surface area contributed by atoms with E-state index in [1.807, 2.05) is 0 Å². The Kier molecular flexibility index (Phi) is 3.58. The molecule has 1 aromatic heterocycles. The van der Waals surface area contributed by atoms with Crippen LogP contribution < -0.4 is 5.73 Å². The van der Waals surface area contributed by atoms with Gasteiger partial charge in [-0.05, 0) is 24.3 Å². The second kappa shape index (κ2) is 4.51. The Balaban J connectivity index is 2.48. The van der Waals surface area contributed by atoms with Crippen molar-refractivity contribution in [3.8, 4) is 0 Å². The van der Waals surface area contributed by atoms with Gasteiger partial charge in [-0.2, -0.15) is 0 Å². The average Bonchev–Trinajstić information content (AvgIpc) is 2.14. The lowest BCUT2D eigenvalue weighted by Crippen LogP contribution is -2.16. The molecule has 0 spiro atoms. The van der Waals surface area contributed by atoms with Crippen LogP contribution in [-0.4, -0.2) is 9.97 Å². The summed E-state index contributed by atoms with van der Waals surface area (Å²) < 4.78 is 0. The third-order valence-corrected chi connectivity index (χ3v) is 2.12. The van der Waals surface area contributed by atoms with Crippen LogP contribution in [0, 0.1) is 5.41 Å². The Morgan fingerprint density at radius 3 is 2.36 bits per heavy atom. The predicted molar refractivity (Wildman–Crippen MR) is 57.6 cm³/mol. The van der Waals surface area contributed by atoms with Gasteiger partial charge in [0.15, 0.2) is 0 Å². The topological polar surface area (TPSA) is 51.8 Å². The Labute approximate surface area is 85.8 Å². The molecule has 2 N–H and O–H groups in total. The van der Waals surface area contributed by atoms with Crippen LogP contribution in [0.3, 0.4) is 0 Å². The van der Waals surface area contributed by atoms with Crippen LogP contribution in [0.5, 0.6) is 0 Å². The summed E-state index contributed by atoms with van der Waals surface area (Å²) in [5.41, 5.74) is 6.30. The summed E-state index contributed by atoms with van der Waals surface area (Å²) in [5.74, 6) is 0.747. The van der Waals surface area contributed by atoms with Crippen LogP contribution >= 0.6 is 0 Å². The molecule has 1 aromatic rings. The summed E-state index contributed by atoms with van der Waals surface area (Å²) >= 11 is 0. The number of rotatable bonds is 3. The van der Waals surface area contributed by atoms with E-state index in [2.05, 4.69) is 30.7 Å². The molecular weight excluding hydrogens is 174 g/mol. The van der Waals surface area contributed by atoms with Crippen LogP contribution in [0.25, 0.3) is 0 Å². The summed E-state index contributed by atoms with van der Waals surface area (Å²) in [6, 6.07) is 1.77. The molecular formula is C11H19N3. The van der Waals surface area contributed by atoms with Crippen molar-refractivity contribution in [2.75, 3.05) is 0 Å². The number of hydrogen-bond donors (Lipinski definition) is 1. The van der Waals surface area contributed by atoms with Crippen molar-refractivity contribution in [2.45, 2.75) is 39.7 Å². The van der Waals surface area contributed by atoms with Gasteiger partial charge in [-0.1, -0.05) is 20.8 Å². The molecule has 0 radical (unpaired) electrons. The minimum atomic E-state index is -0.0320. The molecule has 14 heavy (non-hydrogen) atoms. The number of aromatic nitrogens is 2. The van der Waals surface area contributed by atoms with Crippen molar-refractivity contribution in [1.82, 2.24) is 9.97 Å². The van der Waals surface area contributed by atoms with E-state index in [1.165, 1.54) is 0 Å². The summed E-state index contributed by atoms with van der Waals surface area (Å²) in [4.78, 5) is 8.29. The molecule has 0 aliphatic carbocycles. The molecule has 0 fully saturated rings. The molecule has 0 aliphatic rings. The molecule has 1 atom stereocenters. The normalized spacial score (nSPS) is 14.0. The number of nitrogens with two attached hydrogens (primary N) is 1. The van der Waals surface area contributed by atoms with Gasteiger partial charge in [-0.3, -0.25) is 0 Å². The highest BCUT2D eigenvalue weighted by Crippen LogP contribution is 2.24. The van der Waals surface area contributed by atoms with Gasteiger partial charge in [-0.15, -0.1) is 0 Å². The second-order valence-electron chi connectivity index (χ2n) is 4.81. The lowest BCUT2D eigenvalue weighted by molar-refractivity contribution is 0.346. The van der Waals surface area contributed by atoms with E-state index in [0.29, 0.717) is 5.41 Å². The first-order valence-electron chi connectivity index (χ1n) is 5.01. The van der Waals surface area contributed by atoms with E-state index in [9.17, 15) is 0 Å². The van der Waals surface area contributed by atoms with Crippen LogP contribution in [0.2, 0.25) is 0 Å². The van der Waals surface area contributed by atoms with Crippen molar-refractivity contribution < 1.29 is 0 Å². The van der Waals surface area contributed by atoms with E-state index in [0.717, 1.165) is 18.7 Å². The highest BCUT2D eigenvalue weighted by Gasteiger charge is 2.14. The van der Waals surface area contributed by atoms with Crippen molar-refractivity contribution in [2.24, 2.45) is 11.1 Å². The van der Waals surface area contributed by atoms with E-state index < -0.39 is 0 Å². The van der Waals surface area contributed by atoms with Crippen molar-refractivity contribution in [3.63, 3.8) is 0 Å². The zero-order valence-corrected chi connectivity index (χ0v) is 9.20. The van der Waals surface area contributed by atoms with E-state index in [4.69, 9.17) is 5.73 Å². The third-order valence-electron chi connectivity index (χ3n) is 2.12. The summed E-state index contributed by atoms with van der Waals surface area (Å²) in [6.07, 6.45) is 5.50. The SMILES string of the molecule is CC(C)(C)CCC(N)c1ncccn1. The molecule has 0 aliphatic heterocycles. The first-order chi connectivity index (χ1) is 6.49. The van der Waals surface area contributed by atoms with E-state index in [-0.39, 0.29) is 6.04 Å². The fourth-order valence-electron chi connectivity index (χ4n) is 1.22. The molecule has 0 saturated heterocycles. The summed E-state index contributed by atoms with van der Waals surface area (Å²) in [5, 5.41) is 0.